The first kappa shape index (κ1) is 10.1. The minimum Gasteiger partial charge on any atom is -0.331 e. The van der Waals surface area contributed by atoms with E-state index in [-0.39, 0.29) is 6.03 Å². The molecule has 0 fully saturated rings. The van der Waals surface area contributed by atoms with Crippen LogP contribution in [0.1, 0.15) is 0 Å². The maximum atomic E-state index is 11.3. The molecule has 1 rings (SSSR count). The van der Waals surface area contributed by atoms with Crippen molar-refractivity contribution in [2.24, 2.45) is 5.11 Å². The van der Waals surface area contributed by atoms with Crippen LogP contribution < -0.4 is 5.32 Å². The fourth-order valence-electron chi connectivity index (χ4n) is 0.796. The maximum Gasteiger partial charge on any atom is 0.322 e. The van der Waals surface area contributed by atoms with Gasteiger partial charge in [-0.3, -0.25) is 5.32 Å². The molecule has 0 radical (unpaired) electrons. The molecule has 0 bridgehead atoms. The highest BCUT2D eigenvalue weighted by atomic mass is 16.2. The maximum absolute atomic E-state index is 11.3. The van der Waals surface area contributed by atoms with E-state index in [0.29, 0.717) is 11.5 Å². The number of pyridine rings is 1. The average molecular weight is 193 g/mol. The van der Waals surface area contributed by atoms with Crippen LogP contribution in [-0.4, -0.2) is 30.0 Å². The van der Waals surface area contributed by atoms with E-state index in [2.05, 4.69) is 15.4 Å². The lowest BCUT2D eigenvalue weighted by atomic mass is 10.4. The second kappa shape index (κ2) is 4.31. The molecule has 0 atom stereocenters. The van der Waals surface area contributed by atoms with Crippen molar-refractivity contribution in [2.75, 3.05) is 19.4 Å². The molecule has 6 nitrogen and oxygen atoms in total. The molecule has 0 aromatic carbocycles. The van der Waals surface area contributed by atoms with Crippen molar-refractivity contribution in [3.05, 3.63) is 18.3 Å². The summed E-state index contributed by atoms with van der Waals surface area (Å²) in [6.07, 6.45) is 1.53. The molecule has 0 aliphatic heterocycles. The molecule has 1 aromatic rings. The number of aromatic nitrogens is 1. The van der Waals surface area contributed by atoms with Gasteiger partial charge in [0, 0.05) is 20.3 Å². The molecule has 1 aromatic heterocycles. The van der Waals surface area contributed by atoms with Crippen LogP contribution in [0.4, 0.5) is 16.3 Å². The number of anilines is 1. The van der Waals surface area contributed by atoms with E-state index >= 15 is 0 Å². The van der Waals surface area contributed by atoms with Gasteiger partial charge in [-0.2, -0.15) is 5.11 Å². The van der Waals surface area contributed by atoms with Gasteiger partial charge in [0.15, 0.2) is 5.82 Å². The highest BCUT2D eigenvalue weighted by Crippen LogP contribution is 2.20. The van der Waals surface area contributed by atoms with Crippen molar-refractivity contribution < 1.29 is 4.79 Å². The Kier molecular flexibility index (Phi) is 3.11. The van der Waals surface area contributed by atoms with Crippen molar-refractivity contribution in [3.63, 3.8) is 0 Å². The van der Waals surface area contributed by atoms with Gasteiger partial charge >= 0.3 is 6.03 Å². The Balaban J connectivity index is 2.85. The first-order valence-corrected chi connectivity index (χ1v) is 3.96. The summed E-state index contributed by atoms with van der Waals surface area (Å²) in [6, 6.07) is 2.96. The molecule has 0 aliphatic carbocycles. The lowest BCUT2D eigenvalue weighted by molar-refractivity contribution is 0.230. The SMILES string of the molecule is CN(C)C(=O)Nc1ncccc1N=N. The van der Waals surface area contributed by atoms with E-state index in [1.54, 1.807) is 26.2 Å². The molecule has 74 valence electrons. The Hall–Kier alpha value is -1.98. The molecule has 2 amide bonds. The van der Waals surface area contributed by atoms with Gasteiger partial charge < -0.3 is 4.90 Å². The Labute approximate surface area is 81.5 Å². The first-order valence-electron chi connectivity index (χ1n) is 3.96. The molecule has 0 spiro atoms. The topological polar surface area (TPSA) is 81.4 Å². The summed E-state index contributed by atoms with van der Waals surface area (Å²) in [4.78, 5) is 16.5. The number of rotatable bonds is 2. The number of nitrogens with one attached hydrogen (secondary N) is 2. The number of urea groups is 1. The van der Waals surface area contributed by atoms with Gasteiger partial charge in [-0.05, 0) is 12.1 Å². The summed E-state index contributed by atoms with van der Waals surface area (Å²) in [5.74, 6) is 0.293. The second-order valence-corrected chi connectivity index (χ2v) is 2.81. The van der Waals surface area contributed by atoms with Gasteiger partial charge in [0.25, 0.3) is 0 Å². The predicted molar refractivity (Wildman–Crippen MR) is 51.8 cm³/mol. The van der Waals surface area contributed by atoms with Crippen LogP contribution in [0.3, 0.4) is 0 Å². The largest absolute Gasteiger partial charge is 0.331 e. The number of hydrogen-bond donors (Lipinski definition) is 2. The monoisotopic (exact) mass is 193 g/mol. The molecule has 0 unspecified atom stereocenters. The lowest BCUT2D eigenvalue weighted by Gasteiger charge is -2.11. The van der Waals surface area contributed by atoms with Crippen LogP contribution in [0.25, 0.3) is 0 Å². The highest BCUT2D eigenvalue weighted by molar-refractivity contribution is 5.90. The summed E-state index contributed by atoms with van der Waals surface area (Å²) in [7, 11) is 3.24. The Morgan fingerprint density at radius 3 is 2.93 bits per heavy atom. The second-order valence-electron chi connectivity index (χ2n) is 2.81. The van der Waals surface area contributed by atoms with E-state index in [9.17, 15) is 4.79 Å². The summed E-state index contributed by atoms with van der Waals surface area (Å²) in [5.41, 5.74) is 7.19. The number of hydrogen-bond acceptors (Lipinski definition) is 4. The minimum absolute atomic E-state index is 0.293. The molecule has 14 heavy (non-hydrogen) atoms. The van der Waals surface area contributed by atoms with Crippen molar-refractivity contribution in [1.29, 1.82) is 5.53 Å². The lowest BCUT2D eigenvalue weighted by Crippen LogP contribution is -2.27. The van der Waals surface area contributed by atoms with Crippen LogP contribution in [0.15, 0.2) is 23.4 Å². The van der Waals surface area contributed by atoms with Crippen LogP contribution >= 0.6 is 0 Å². The van der Waals surface area contributed by atoms with Crippen molar-refractivity contribution in [2.45, 2.75) is 0 Å². The first-order chi connectivity index (χ1) is 6.65. The van der Waals surface area contributed by atoms with E-state index in [4.69, 9.17) is 5.53 Å². The van der Waals surface area contributed by atoms with Gasteiger partial charge in [0.2, 0.25) is 0 Å². The molecule has 2 N–H and O–H groups in total. The van der Waals surface area contributed by atoms with Gasteiger partial charge in [-0.15, -0.1) is 0 Å². The third kappa shape index (κ3) is 2.25. The zero-order valence-electron chi connectivity index (χ0n) is 7.98. The van der Waals surface area contributed by atoms with Gasteiger partial charge in [-0.1, -0.05) is 0 Å². The van der Waals surface area contributed by atoms with Crippen LogP contribution in [0, 0.1) is 5.53 Å². The third-order valence-electron chi connectivity index (χ3n) is 1.54. The van der Waals surface area contributed by atoms with Crippen molar-refractivity contribution >= 4 is 17.5 Å². The normalized spacial score (nSPS) is 9.29. The standard InChI is InChI=1S/C8H11N5O/c1-13(2)8(14)11-7-6(12-9)4-3-5-10-7/h3-5,9H,1-2H3,(H,10,11,14). The van der Waals surface area contributed by atoms with Crippen molar-refractivity contribution in [3.8, 4) is 0 Å². The average Bonchev–Trinajstić information content (AvgIpc) is 2.18. The van der Waals surface area contributed by atoms with Gasteiger partial charge in [0.05, 0.1) is 0 Å². The quantitative estimate of drug-likeness (QED) is 0.702. The van der Waals surface area contributed by atoms with Gasteiger partial charge in [-0.25, -0.2) is 15.3 Å². The van der Waals surface area contributed by atoms with Crippen LogP contribution in [-0.2, 0) is 0 Å². The Bertz CT molecular complexity index is 349. The summed E-state index contributed by atoms with van der Waals surface area (Å²) in [5, 5.41) is 5.76. The Morgan fingerprint density at radius 2 is 2.36 bits per heavy atom. The van der Waals surface area contributed by atoms with Gasteiger partial charge in [0.1, 0.15) is 5.69 Å². The zero-order chi connectivity index (χ0) is 10.6. The molecular formula is C8H11N5O. The number of carbonyl (C=O) groups excluding carboxylic acids is 1. The van der Waals surface area contributed by atoms with E-state index in [0.717, 1.165) is 0 Å². The third-order valence-corrected chi connectivity index (χ3v) is 1.54. The smallest absolute Gasteiger partial charge is 0.322 e. The predicted octanol–water partition coefficient (Wildman–Crippen LogP) is 1.84. The number of carbonyl (C=O) groups is 1. The fraction of sp³-hybridized carbons (Fsp3) is 0.250. The minimum atomic E-state index is -0.298. The number of nitrogens with zero attached hydrogens (tertiary/aromatic N) is 3. The fourth-order valence-corrected chi connectivity index (χ4v) is 0.796. The van der Waals surface area contributed by atoms with E-state index in [1.165, 1.54) is 11.1 Å². The van der Waals surface area contributed by atoms with E-state index < -0.39 is 0 Å². The van der Waals surface area contributed by atoms with Crippen molar-refractivity contribution in [1.82, 2.24) is 9.88 Å². The van der Waals surface area contributed by atoms with Crippen LogP contribution in [0.5, 0.6) is 0 Å². The molecule has 0 aliphatic rings. The molecule has 1 heterocycles. The summed E-state index contributed by atoms with van der Waals surface area (Å²) in [6.45, 7) is 0. The zero-order valence-corrected chi connectivity index (χ0v) is 7.98. The Morgan fingerprint density at radius 1 is 1.64 bits per heavy atom. The summed E-state index contributed by atoms with van der Waals surface area (Å²) >= 11 is 0. The molecule has 0 saturated carbocycles. The summed E-state index contributed by atoms with van der Waals surface area (Å²) < 4.78 is 0. The van der Waals surface area contributed by atoms with Crippen LogP contribution in [0.2, 0.25) is 0 Å². The molecular weight excluding hydrogens is 182 g/mol. The number of amides is 2. The molecule has 6 heteroatoms. The molecule has 0 saturated heterocycles. The highest BCUT2D eigenvalue weighted by Gasteiger charge is 2.07. The van der Waals surface area contributed by atoms with E-state index in [1.807, 2.05) is 0 Å².